The molecule has 0 spiro atoms. The van der Waals surface area contributed by atoms with Crippen molar-refractivity contribution in [3.05, 3.63) is 64.7 Å². The number of esters is 1. The molecule has 0 fully saturated rings. The van der Waals surface area contributed by atoms with Crippen molar-refractivity contribution in [3.63, 3.8) is 0 Å². The van der Waals surface area contributed by atoms with Gasteiger partial charge in [-0.1, -0.05) is 35.9 Å². The normalized spacial score (nSPS) is 15.8. The monoisotopic (exact) mass is 450 g/mol. The summed E-state index contributed by atoms with van der Waals surface area (Å²) in [5.74, 6) is -1.04. The molecule has 2 N–H and O–H groups in total. The Morgan fingerprint density at radius 1 is 1.10 bits per heavy atom. The second-order valence-electron chi connectivity index (χ2n) is 6.97. The number of hydrogen-bond donors (Lipinski definition) is 2. The summed E-state index contributed by atoms with van der Waals surface area (Å²) in [5, 5.41) is 3.32. The lowest BCUT2D eigenvalue weighted by Crippen LogP contribution is -2.34. The average Bonchev–Trinajstić information content (AvgIpc) is 2.73. The number of halogens is 1. The number of amides is 1. The predicted molar refractivity (Wildman–Crippen MR) is 112 cm³/mol. The molecule has 1 aliphatic rings. The molecule has 1 aliphatic carbocycles. The van der Waals surface area contributed by atoms with E-state index in [0.29, 0.717) is 5.02 Å². The van der Waals surface area contributed by atoms with E-state index in [4.69, 9.17) is 16.3 Å². The molecular weight excluding hydrogens is 428 g/mol. The molecule has 0 saturated carbocycles. The molecule has 0 aromatic heterocycles. The van der Waals surface area contributed by atoms with Gasteiger partial charge in [0, 0.05) is 11.6 Å². The van der Waals surface area contributed by atoms with Crippen molar-refractivity contribution in [1.29, 1.82) is 0 Å². The maximum Gasteiger partial charge on any atom is 0.307 e. The van der Waals surface area contributed by atoms with Crippen LogP contribution in [0.3, 0.4) is 0 Å². The van der Waals surface area contributed by atoms with E-state index in [-0.39, 0.29) is 29.8 Å². The Balaban J connectivity index is 1.41. The predicted octanol–water partition coefficient (Wildman–Crippen LogP) is 2.75. The number of rotatable bonds is 8. The average molecular weight is 451 g/mol. The highest BCUT2D eigenvalue weighted by Crippen LogP contribution is 2.29. The van der Waals surface area contributed by atoms with Gasteiger partial charge in [0.1, 0.15) is 0 Å². The van der Waals surface area contributed by atoms with Crippen molar-refractivity contribution in [1.82, 2.24) is 10.0 Å². The number of fused-ring (bicyclic) bond motifs is 1. The molecule has 2 aromatic rings. The van der Waals surface area contributed by atoms with Crippen LogP contribution in [0.1, 0.15) is 36.4 Å². The van der Waals surface area contributed by atoms with E-state index in [1.165, 1.54) is 29.8 Å². The van der Waals surface area contributed by atoms with Gasteiger partial charge in [-0.3, -0.25) is 9.59 Å². The quantitative estimate of drug-likeness (QED) is 0.602. The molecule has 0 saturated heterocycles. The Hall–Kier alpha value is -2.42. The van der Waals surface area contributed by atoms with Crippen LogP contribution in [0.25, 0.3) is 0 Å². The minimum atomic E-state index is -3.75. The molecule has 1 amide bonds. The summed E-state index contributed by atoms with van der Waals surface area (Å²) in [7, 11) is -3.75. The Morgan fingerprint density at radius 3 is 2.60 bits per heavy atom. The summed E-state index contributed by atoms with van der Waals surface area (Å²) < 4.78 is 31.6. The number of nitrogens with one attached hydrogen (secondary N) is 2. The highest BCUT2D eigenvalue weighted by Gasteiger charge is 2.22. The van der Waals surface area contributed by atoms with Gasteiger partial charge in [-0.15, -0.1) is 0 Å². The zero-order chi connectivity index (χ0) is 21.6. The Kier molecular flexibility index (Phi) is 7.47. The summed E-state index contributed by atoms with van der Waals surface area (Å²) in [5.41, 5.74) is 2.32. The van der Waals surface area contributed by atoms with E-state index in [1.54, 1.807) is 0 Å². The van der Waals surface area contributed by atoms with E-state index in [9.17, 15) is 18.0 Å². The molecule has 0 aliphatic heterocycles. The topological polar surface area (TPSA) is 102 Å². The highest BCUT2D eigenvalue weighted by molar-refractivity contribution is 7.89. The highest BCUT2D eigenvalue weighted by atomic mass is 35.5. The molecule has 9 heteroatoms. The maximum atomic E-state index is 12.2. The summed E-state index contributed by atoms with van der Waals surface area (Å²) in [6.07, 6.45) is 2.62. The molecule has 0 radical (unpaired) electrons. The van der Waals surface area contributed by atoms with Gasteiger partial charge in [-0.2, -0.15) is 0 Å². The van der Waals surface area contributed by atoms with Gasteiger partial charge in [-0.05, 0) is 54.7 Å². The van der Waals surface area contributed by atoms with E-state index in [2.05, 4.69) is 16.1 Å². The third-order valence-corrected chi connectivity index (χ3v) is 6.54. The molecule has 0 heterocycles. The van der Waals surface area contributed by atoms with Gasteiger partial charge < -0.3 is 10.1 Å². The van der Waals surface area contributed by atoms with Crippen molar-refractivity contribution >= 4 is 33.5 Å². The first-order valence-corrected chi connectivity index (χ1v) is 11.5. The fourth-order valence-electron chi connectivity index (χ4n) is 3.34. The number of carbonyl (C=O) groups excluding carboxylic acids is 2. The van der Waals surface area contributed by atoms with Gasteiger partial charge in [0.2, 0.25) is 10.0 Å². The first kappa shape index (κ1) is 22.3. The number of hydrogen-bond acceptors (Lipinski definition) is 5. The van der Waals surface area contributed by atoms with Crippen molar-refractivity contribution in [2.24, 2.45) is 0 Å². The van der Waals surface area contributed by atoms with Crippen LogP contribution in [0.2, 0.25) is 5.02 Å². The third-order valence-electron chi connectivity index (χ3n) is 4.81. The Bertz CT molecular complexity index is 1010. The maximum absolute atomic E-state index is 12.2. The summed E-state index contributed by atoms with van der Waals surface area (Å²) in [6, 6.07) is 13.6. The van der Waals surface area contributed by atoms with E-state index >= 15 is 0 Å². The SMILES string of the molecule is O=C(COC(=O)CCNS(=O)(=O)c1ccc(Cl)cc1)NC1CCCc2ccccc21. The van der Waals surface area contributed by atoms with Crippen LogP contribution in [-0.2, 0) is 30.8 Å². The first-order chi connectivity index (χ1) is 14.3. The largest absolute Gasteiger partial charge is 0.456 e. The minimum absolute atomic E-state index is 0.0485. The molecule has 2 aromatic carbocycles. The van der Waals surface area contributed by atoms with Crippen LogP contribution in [0.15, 0.2) is 53.4 Å². The number of aryl methyl sites for hydroxylation is 1. The molecule has 0 bridgehead atoms. The summed E-state index contributed by atoms with van der Waals surface area (Å²) in [6.45, 7) is -0.539. The molecular formula is C21H23ClN2O5S. The van der Waals surface area contributed by atoms with Crippen molar-refractivity contribution < 1.29 is 22.7 Å². The van der Waals surface area contributed by atoms with Crippen molar-refractivity contribution in [2.75, 3.05) is 13.2 Å². The van der Waals surface area contributed by atoms with E-state index in [1.807, 2.05) is 18.2 Å². The summed E-state index contributed by atoms with van der Waals surface area (Å²) in [4.78, 5) is 24.1. The van der Waals surface area contributed by atoms with Gasteiger partial charge in [0.05, 0.1) is 17.4 Å². The molecule has 1 unspecified atom stereocenters. The van der Waals surface area contributed by atoms with Crippen LogP contribution in [0, 0.1) is 0 Å². The third kappa shape index (κ3) is 6.04. The molecule has 3 rings (SSSR count). The number of benzene rings is 2. The lowest BCUT2D eigenvalue weighted by atomic mass is 9.88. The Labute approximate surface area is 180 Å². The first-order valence-electron chi connectivity index (χ1n) is 9.63. The van der Waals surface area contributed by atoms with Crippen LogP contribution in [0.5, 0.6) is 0 Å². The second-order valence-corrected chi connectivity index (χ2v) is 9.18. The number of carbonyl (C=O) groups is 2. The van der Waals surface area contributed by atoms with Crippen LogP contribution in [-0.4, -0.2) is 33.4 Å². The van der Waals surface area contributed by atoms with Crippen LogP contribution in [0.4, 0.5) is 0 Å². The zero-order valence-electron chi connectivity index (χ0n) is 16.3. The minimum Gasteiger partial charge on any atom is -0.456 e. The van der Waals surface area contributed by atoms with Crippen LogP contribution < -0.4 is 10.0 Å². The van der Waals surface area contributed by atoms with Gasteiger partial charge in [-0.25, -0.2) is 13.1 Å². The van der Waals surface area contributed by atoms with E-state index < -0.39 is 22.6 Å². The lowest BCUT2D eigenvalue weighted by Gasteiger charge is -2.26. The second kappa shape index (κ2) is 10.1. The summed E-state index contributed by atoms with van der Waals surface area (Å²) >= 11 is 5.75. The van der Waals surface area contributed by atoms with Gasteiger partial charge >= 0.3 is 5.97 Å². The van der Waals surface area contributed by atoms with Gasteiger partial charge in [0.25, 0.3) is 5.91 Å². The molecule has 7 nitrogen and oxygen atoms in total. The number of sulfonamides is 1. The Morgan fingerprint density at radius 2 is 1.83 bits per heavy atom. The van der Waals surface area contributed by atoms with Gasteiger partial charge in [0.15, 0.2) is 6.61 Å². The smallest absolute Gasteiger partial charge is 0.307 e. The van der Waals surface area contributed by atoms with Crippen LogP contribution >= 0.6 is 11.6 Å². The molecule has 160 valence electrons. The number of ether oxygens (including phenoxy) is 1. The lowest BCUT2D eigenvalue weighted by molar-refractivity contribution is -0.148. The fourth-order valence-corrected chi connectivity index (χ4v) is 4.50. The standard InChI is InChI=1S/C21H23ClN2O5S/c22-16-8-10-17(11-9-16)30(27,28)23-13-12-21(26)29-14-20(25)24-19-7-3-5-15-4-1-2-6-18(15)19/h1-2,4,6,8-11,19,23H,3,5,7,12-14H2,(H,24,25). The molecule has 1 atom stereocenters. The molecule has 30 heavy (non-hydrogen) atoms. The zero-order valence-corrected chi connectivity index (χ0v) is 17.8. The van der Waals surface area contributed by atoms with Crippen molar-refractivity contribution in [2.45, 2.75) is 36.6 Å². The fraction of sp³-hybridized carbons (Fsp3) is 0.333. The van der Waals surface area contributed by atoms with E-state index in [0.717, 1.165) is 24.8 Å². The van der Waals surface area contributed by atoms with Crippen molar-refractivity contribution in [3.8, 4) is 0 Å².